The van der Waals surface area contributed by atoms with E-state index in [1.165, 1.54) is 28.4 Å². The number of hydrogen-bond acceptors (Lipinski definition) is 7. The molecule has 1 aromatic carbocycles. The minimum absolute atomic E-state index is 0.0689. The van der Waals surface area contributed by atoms with Crippen LogP contribution in [0.4, 0.5) is 4.39 Å². The van der Waals surface area contributed by atoms with Crippen LogP contribution in [-0.2, 0) is 14.3 Å². The van der Waals surface area contributed by atoms with E-state index in [-0.39, 0.29) is 30.5 Å². The van der Waals surface area contributed by atoms with E-state index in [1.54, 1.807) is 31.6 Å². The zero-order valence-electron chi connectivity index (χ0n) is 16.7. The maximum absolute atomic E-state index is 13.7. The number of carbonyl (C=O) groups excluding carboxylic acids is 2. The lowest BCUT2D eigenvalue weighted by Crippen LogP contribution is -2.40. The zero-order valence-corrected chi connectivity index (χ0v) is 19.9. The first-order valence-electron chi connectivity index (χ1n) is 9.25. The summed E-state index contributed by atoms with van der Waals surface area (Å²) < 4.78 is 19.5. The summed E-state index contributed by atoms with van der Waals surface area (Å²) in [4.78, 5) is 35.4. The molecule has 0 spiro atoms. The minimum Gasteiger partial charge on any atom is -0.463 e. The van der Waals surface area contributed by atoms with Crippen LogP contribution in [0.3, 0.4) is 0 Å². The molecule has 0 saturated carbocycles. The van der Waals surface area contributed by atoms with Gasteiger partial charge in [-0.2, -0.15) is 0 Å². The first-order valence-corrected chi connectivity index (χ1v) is 11.5. The molecule has 3 rings (SSSR count). The lowest BCUT2D eigenvalue weighted by molar-refractivity contribution is -0.139. The van der Waals surface area contributed by atoms with Crippen molar-refractivity contribution in [2.24, 2.45) is 4.99 Å². The number of aliphatic imine (C=N–C) groups is 1. The molecule has 1 aliphatic rings. The topological polar surface area (TPSA) is 83.9 Å². The fraction of sp³-hybridized carbons (Fsp3) is 0.300. The summed E-state index contributed by atoms with van der Waals surface area (Å²) in [5.41, 5.74) is 1.23. The van der Waals surface area contributed by atoms with Crippen LogP contribution < -0.4 is 5.32 Å². The Bertz CT molecular complexity index is 1050. The number of esters is 1. The van der Waals surface area contributed by atoms with E-state index in [0.717, 1.165) is 0 Å². The van der Waals surface area contributed by atoms with Crippen LogP contribution in [0.5, 0.6) is 0 Å². The summed E-state index contributed by atoms with van der Waals surface area (Å²) in [6.45, 7) is 1.93. The molecule has 1 aliphatic heterocycles. The monoisotopic (exact) mass is 528 g/mol. The maximum atomic E-state index is 13.7. The molecular formula is C20H19BrClFN4O3S. The van der Waals surface area contributed by atoms with Gasteiger partial charge in [0.1, 0.15) is 17.7 Å². The number of amides is 1. The van der Waals surface area contributed by atoms with Gasteiger partial charge < -0.3 is 15.0 Å². The number of hydrogen-bond donors (Lipinski definition) is 1. The number of nitrogens with one attached hydrogen (secondary N) is 1. The normalized spacial score (nSPS) is 15.9. The lowest BCUT2D eigenvalue weighted by Gasteiger charge is -2.29. The summed E-state index contributed by atoms with van der Waals surface area (Å²) in [7, 11) is 1.58. The van der Waals surface area contributed by atoms with Crippen LogP contribution in [-0.4, -0.2) is 53.7 Å². The largest absolute Gasteiger partial charge is 0.463 e. The smallest absolute Gasteiger partial charge is 0.338 e. The molecule has 0 radical (unpaired) electrons. The molecule has 7 nitrogen and oxygen atoms in total. The highest BCUT2D eigenvalue weighted by Gasteiger charge is 2.34. The predicted octanol–water partition coefficient (Wildman–Crippen LogP) is 3.65. The SMILES string of the molecule is CCOC(=O)C1=C(CN(C)C(=O)CCl)NC(c2nccs2)=NC1c1ccc(F)cc1Br. The van der Waals surface area contributed by atoms with Gasteiger partial charge in [0.25, 0.3) is 0 Å². The molecule has 2 heterocycles. The number of halogens is 3. The zero-order chi connectivity index (χ0) is 22.5. The van der Waals surface area contributed by atoms with Gasteiger partial charge in [0.2, 0.25) is 5.91 Å². The molecule has 2 aromatic rings. The summed E-state index contributed by atoms with van der Waals surface area (Å²) in [6, 6.07) is 3.36. The van der Waals surface area contributed by atoms with Crippen LogP contribution in [0.15, 0.2) is 50.5 Å². The minimum atomic E-state index is -0.802. The average Bonchev–Trinajstić information content (AvgIpc) is 3.27. The molecule has 11 heteroatoms. The molecule has 0 saturated heterocycles. The molecule has 1 atom stereocenters. The van der Waals surface area contributed by atoms with Crippen LogP contribution in [0.25, 0.3) is 0 Å². The number of aromatic nitrogens is 1. The number of amidine groups is 1. The van der Waals surface area contributed by atoms with Crippen LogP contribution >= 0.6 is 38.9 Å². The van der Waals surface area contributed by atoms with E-state index in [2.05, 4.69) is 26.2 Å². The second-order valence-corrected chi connectivity index (χ2v) is 8.52. The predicted molar refractivity (Wildman–Crippen MR) is 121 cm³/mol. The number of nitrogens with zero attached hydrogens (tertiary/aromatic N) is 3. The quantitative estimate of drug-likeness (QED) is 0.437. The van der Waals surface area contributed by atoms with E-state index in [0.29, 0.717) is 26.6 Å². The second-order valence-electron chi connectivity index (χ2n) is 6.50. The number of carbonyl (C=O) groups is 2. The third-order valence-electron chi connectivity index (χ3n) is 4.45. The number of likely N-dealkylation sites (N-methyl/N-ethyl adjacent to an activating group) is 1. The number of thiazole rings is 1. The fourth-order valence-corrected chi connectivity index (χ4v) is 4.35. The van der Waals surface area contributed by atoms with Crippen molar-refractivity contribution in [3.05, 3.63) is 61.9 Å². The van der Waals surface area contributed by atoms with Gasteiger partial charge in [-0.3, -0.25) is 9.79 Å². The van der Waals surface area contributed by atoms with Crippen molar-refractivity contribution in [3.63, 3.8) is 0 Å². The molecule has 1 unspecified atom stereocenters. The van der Waals surface area contributed by atoms with E-state index >= 15 is 0 Å². The third-order valence-corrected chi connectivity index (χ3v) is 6.14. The van der Waals surface area contributed by atoms with Gasteiger partial charge in [-0.05, 0) is 24.6 Å². The summed E-state index contributed by atoms with van der Waals surface area (Å²) in [5, 5.41) is 5.54. The Labute approximate surface area is 196 Å². The average molecular weight is 530 g/mol. The van der Waals surface area contributed by atoms with E-state index in [9.17, 15) is 14.0 Å². The van der Waals surface area contributed by atoms with Crippen molar-refractivity contribution in [1.29, 1.82) is 0 Å². The highest BCUT2D eigenvalue weighted by atomic mass is 79.9. The maximum Gasteiger partial charge on any atom is 0.338 e. The fourth-order valence-electron chi connectivity index (χ4n) is 2.99. The summed E-state index contributed by atoms with van der Waals surface area (Å²) in [5.74, 6) is -1.08. The molecule has 0 fully saturated rings. The molecule has 164 valence electrons. The number of rotatable bonds is 7. The first-order chi connectivity index (χ1) is 14.8. The van der Waals surface area contributed by atoms with Crippen LogP contribution in [0.1, 0.15) is 23.5 Å². The van der Waals surface area contributed by atoms with Gasteiger partial charge >= 0.3 is 5.97 Å². The number of alkyl halides is 1. The van der Waals surface area contributed by atoms with Crippen molar-refractivity contribution in [2.45, 2.75) is 13.0 Å². The van der Waals surface area contributed by atoms with Gasteiger partial charge in [0.15, 0.2) is 10.8 Å². The molecule has 0 bridgehead atoms. The Morgan fingerprint density at radius 2 is 2.19 bits per heavy atom. The standard InChI is InChI=1S/C20H19BrClFN4O3S/c1-3-30-20(29)16-14(10-27(2)15(28)9-22)25-18(19-24-6-7-31-19)26-17(16)12-5-4-11(23)8-13(12)21/h4-8,17H,3,9-10H2,1-2H3,(H,25,26). The number of benzene rings is 1. The highest BCUT2D eigenvalue weighted by Crippen LogP contribution is 2.37. The Hall–Kier alpha value is -2.30. The molecule has 1 amide bonds. The highest BCUT2D eigenvalue weighted by molar-refractivity contribution is 9.10. The molecule has 1 N–H and O–H groups in total. The van der Waals surface area contributed by atoms with E-state index < -0.39 is 17.8 Å². The Kier molecular flexibility index (Phi) is 7.79. The first kappa shape index (κ1) is 23.4. The Morgan fingerprint density at radius 3 is 2.81 bits per heavy atom. The van der Waals surface area contributed by atoms with Crippen molar-refractivity contribution in [1.82, 2.24) is 15.2 Å². The van der Waals surface area contributed by atoms with E-state index in [4.69, 9.17) is 21.3 Å². The number of ether oxygens (including phenoxy) is 1. The molecule has 31 heavy (non-hydrogen) atoms. The summed E-state index contributed by atoms with van der Waals surface area (Å²) >= 11 is 10.4. The van der Waals surface area contributed by atoms with Crippen molar-refractivity contribution >= 4 is 56.6 Å². The third kappa shape index (κ3) is 5.31. The van der Waals surface area contributed by atoms with Gasteiger partial charge in [0, 0.05) is 28.8 Å². The molecule has 0 aliphatic carbocycles. The van der Waals surface area contributed by atoms with Crippen molar-refractivity contribution < 1.29 is 18.7 Å². The Morgan fingerprint density at radius 1 is 1.42 bits per heavy atom. The van der Waals surface area contributed by atoms with Crippen LogP contribution in [0.2, 0.25) is 0 Å². The molecule has 1 aromatic heterocycles. The van der Waals surface area contributed by atoms with Crippen LogP contribution in [0, 0.1) is 5.82 Å². The summed E-state index contributed by atoms with van der Waals surface area (Å²) in [6.07, 6.45) is 1.64. The lowest BCUT2D eigenvalue weighted by atomic mass is 9.95. The van der Waals surface area contributed by atoms with Gasteiger partial charge in [-0.25, -0.2) is 14.2 Å². The Balaban J connectivity index is 2.16. The van der Waals surface area contributed by atoms with Gasteiger partial charge in [-0.1, -0.05) is 22.0 Å². The van der Waals surface area contributed by atoms with Gasteiger partial charge in [-0.15, -0.1) is 22.9 Å². The second kappa shape index (κ2) is 10.3. The van der Waals surface area contributed by atoms with E-state index in [1.807, 2.05) is 0 Å². The van der Waals surface area contributed by atoms with Crippen molar-refractivity contribution in [3.8, 4) is 0 Å². The van der Waals surface area contributed by atoms with Crippen molar-refractivity contribution in [2.75, 3.05) is 26.1 Å². The molecular weight excluding hydrogens is 511 g/mol. The van der Waals surface area contributed by atoms with Gasteiger partial charge in [0.05, 0.1) is 18.7 Å².